The molecule has 6 nitrogen and oxygen atoms in total. The number of methoxy groups -OCH3 is 1. The Kier molecular flexibility index (Phi) is 4.67. The number of ether oxygens (including phenoxy) is 1. The van der Waals surface area contributed by atoms with Crippen LogP contribution in [0.4, 0.5) is 5.69 Å². The smallest absolute Gasteiger partial charge is 0.494 e. The Hall–Kier alpha value is -2.77. The van der Waals surface area contributed by atoms with Gasteiger partial charge in [0, 0.05) is 17.1 Å². The van der Waals surface area contributed by atoms with Gasteiger partial charge in [-0.15, -0.1) is 0 Å². The van der Waals surface area contributed by atoms with E-state index in [1.165, 1.54) is 0 Å². The van der Waals surface area contributed by atoms with E-state index in [1.807, 2.05) is 70.2 Å². The molecule has 2 N–H and O–H groups in total. The van der Waals surface area contributed by atoms with Crippen LogP contribution in [0.15, 0.2) is 48.7 Å². The summed E-state index contributed by atoms with van der Waals surface area (Å²) in [6, 6.07) is 13.2. The number of aromatic nitrogens is 1. The molecule has 1 aromatic heterocycles. The predicted octanol–water partition coefficient (Wildman–Crippen LogP) is 3.73. The van der Waals surface area contributed by atoms with Crippen molar-refractivity contribution in [1.82, 2.24) is 4.98 Å². The topological polar surface area (TPSA) is 72.6 Å². The number of carbonyl (C=O) groups excluding carboxylic acids is 1. The molecule has 150 valence electrons. The van der Waals surface area contributed by atoms with Gasteiger partial charge in [0.05, 0.1) is 29.6 Å². The molecule has 4 rings (SSSR count). The van der Waals surface area contributed by atoms with Crippen molar-refractivity contribution in [2.75, 3.05) is 12.4 Å². The highest BCUT2D eigenvalue weighted by molar-refractivity contribution is 6.62. The van der Waals surface area contributed by atoms with Gasteiger partial charge >= 0.3 is 7.12 Å². The number of nitrogens with one attached hydrogen (secondary N) is 2. The molecule has 7 heteroatoms. The van der Waals surface area contributed by atoms with E-state index in [0.29, 0.717) is 17.0 Å². The van der Waals surface area contributed by atoms with E-state index < -0.39 is 18.3 Å². The molecular formula is C22H25BN2O4. The van der Waals surface area contributed by atoms with Gasteiger partial charge in [-0.25, -0.2) is 0 Å². The van der Waals surface area contributed by atoms with Gasteiger partial charge in [-0.3, -0.25) is 4.79 Å². The second kappa shape index (κ2) is 6.93. The maximum Gasteiger partial charge on any atom is 0.494 e. The first kappa shape index (κ1) is 19.5. The first-order valence-electron chi connectivity index (χ1n) is 9.63. The molecular weight excluding hydrogens is 367 g/mol. The van der Waals surface area contributed by atoms with Crippen molar-refractivity contribution in [3.8, 4) is 5.75 Å². The predicted molar refractivity (Wildman–Crippen MR) is 115 cm³/mol. The third-order valence-corrected chi connectivity index (χ3v) is 5.83. The van der Waals surface area contributed by atoms with Crippen molar-refractivity contribution in [2.24, 2.45) is 0 Å². The van der Waals surface area contributed by atoms with Crippen LogP contribution in [0.2, 0.25) is 0 Å². The largest absolute Gasteiger partial charge is 0.495 e. The first-order valence-corrected chi connectivity index (χ1v) is 9.63. The minimum absolute atomic E-state index is 0.205. The molecule has 1 amide bonds. The Morgan fingerprint density at radius 1 is 1.07 bits per heavy atom. The number of hydrogen-bond acceptors (Lipinski definition) is 4. The van der Waals surface area contributed by atoms with Crippen LogP contribution in [0.5, 0.6) is 5.75 Å². The van der Waals surface area contributed by atoms with E-state index >= 15 is 0 Å². The molecule has 3 aromatic rings. The number of aromatic amines is 1. The van der Waals surface area contributed by atoms with Crippen molar-refractivity contribution in [1.29, 1.82) is 0 Å². The fourth-order valence-corrected chi connectivity index (χ4v) is 3.39. The van der Waals surface area contributed by atoms with Crippen molar-refractivity contribution >= 4 is 35.1 Å². The Bertz CT molecular complexity index is 1060. The molecule has 0 radical (unpaired) electrons. The molecule has 0 unspecified atom stereocenters. The standard InChI is InChI=1S/C22H25BN2O4/c1-21(2)22(3,4)29-23(28-21)14-10-11-18(19(12-14)27-5)25-20(26)16-13-24-17-9-7-6-8-15(16)17/h6-13,24H,1-5H3,(H,25,26). The summed E-state index contributed by atoms with van der Waals surface area (Å²) >= 11 is 0. The highest BCUT2D eigenvalue weighted by Crippen LogP contribution is 2.37. The molecule has 0 aliphatic carbocycles. The van der Waals surface area contributed by atoms with Crippen LogP contribution in [0.3, 0.4) is 0 Å². The molecule has 1 aliphatic heterocycles. The molecule has 29 heavy (non-hydrogen) atoms. The van der Waals surface area contributed by atoms with Gasteiger partial charge in [0.25, 0.3) is 5.91 Å². The van der Waals surface area contributed by atoms with Crippen LogP contribution in [-0.2, 0) is 9.31 Å². The van der Waals surface area contributed by atoms with E-state index in [-0.39, 0.29) is 5.91 Å². The summed E-state index contributed by atoms with van der Waals surface area (Å²) < 4.78 is 17.7. The lowest BCUT2D eigenvalue weighted by Crippen LogP contribution is -2.41. The van der Waals surface area contributed by atoms with Crippen LogP contribution in [0.1, 0.15) is 38.1 Å². The zero-order valence-corrected chi connectivity index (χ0v) is 17.3. The Morgan fingerprint density at radius 2 is 1.76 bits per heavy atom. The third-order valence-electron chi connectivity index (χ3n) is 5.83. The van der Waals surface area contributed by atoms with Gasteiger partial charge in [-0.1, -0.05) is 24.3 Å². The molecule has 0 saturated carbocycles. The van der Waals surface area contributed by atoms with Gasteiger partial charge in [-0.2, -0.15) is 0 Å². The van der Waals surface area contributed by atoms with Gasteiger partial charge in [-0.05, 0) is 51.4 Å². The van der Waals surface area contributed by atoms with Crippen molar-refractivity contribution in [3.05, 3.63) is 54.2 Å². The number of benzene rings is 2. The molecule has 1 fully saturated rings. The summed E-state index contributed by atoms with van der Waals surface area (Å²) in [7, 11) is 1.08. The second-order valence-corrected chi connectivity index (χ2v) is 8.25. The summed E-state index contributed by atoms with van der Waals surface area (Å²) in [4.78, 5) is 16.0. The van der Waals surface area contributed by atoms with Gasteiger partial charge in [0.2, 0.25) is 0 Å². The van der Waals surface area contributed by atoms with Crippen molar-refractivity contribution in [2.45, 2.75) is 38.9 Å². The van der Waals surface area contributed by atoms with Crippen LogP contribution >= 0.6 is 0 Å². The lowest BCUT2D eigenvalue weighted by Gasteiger charge is -2.32. The number of amides is 1. The molecule has 1 saturated heterocycles. The molecule has 0 bridgehead atoms. The summed E-state index contributed by atoms with van der Waals surface area (Å²) in [6.07, 6.45) is 1.71. The minimum atomic E-state index is -0.493. The Morgan fingerprint density at radius 3 is 2.45 bits per heavy atom. The SMILES string of the molecule is COc1cc(B2OC(C)(C)C(C)(C)O2)ccc1NC(=O)c1c[nH]c2ccccc12. The fourth-order valence-electron chi connectivity index (χ4n) is 3.39. The average molecular weight is 392 g/mol. The summed E-state index contributed by atoms with van der Waals surface area (Å²) in [5, 5.41) is 3.81. The summed E-state index contributed by atoms with van der Waals surface area (Å²) in [5.74, 6) is 0.342. The number of H-pyrrole nitrogens is 1. The van der Waals surface area contributed by atoms with Crippen LogP contribution < -0.4 is 15.5 Å². The maximum atomic E-state index is 12.8. The minimum Gasteiger partial charge on any atom is -0.495 e. The number of fused-ring (bicyclic) bond motifs is 1. The molecule has 1 aliphatic rings. The molecule has 0 atom stereocenters. The van der Waals surface area contributed by atoms with Crippen LogP contribution in [0, 0.1) is 0 Å². The average Bonchev–Trinajstić information content (AvgIpc) is 3.20. The Balaban J connectivity index is 1.58. The zero-order chi connectivity index (χ0) is 20.8. The van der Waals surface area contributed by atoms with E-state index in [2.05, 4.69) is 10.3 Å². The fraction of sp³-hybridized carbons (Fsp3) is 0.318. The van der Waals surface area contributed by atoms with Crippen LogP contribution in [-0.4, -0.2) is 36.3 Å². The van der Waals surface area contributed by atoms with Crippen LogP contribution in [0.25, 0.3) is 10.9 Å². The third kappa shape index (κ3) is 3.41. The van der Waals surface area contributed by atoms with Crippen molar-refractivity contribution < 1.29 is 18.8 Å². The van der Waals surface area contributed by atoms with E-state index in [9.17, 15) is 4.79 Å². The number of hydrogen-bond donors (Lipinski definition) is 2. The van der Waals surface area contributed by atoms with E-state index in [1.54, 1.807) is 13.3 Å². The van der Waals surface area contributed by atoms with Gasteiger partial charge < -0.3 is 24.3 Å². The van der Waals surface area contributed by atoms with E-state index in [4.69, 9.17) is 14.0 Å². The normalized spacial score (nSPS) is 17.5. The lowest BCUT2D eigenvalue weighted by atomic mass is 9.79. The zero-order valence-electron chi connectivity index (χ0n) is 17.3. The van der Waals surface area contributed by atoms with Gasteiger partial charge in [0.15, 0.2) is 0 Å². The first-order chi connectivity index (χ1) is 13.7. The second-order valence-electron chi connectivity index (χ2n) is 8.25. The molecule has 0 spiro atoms. The number of para-hydroxylation sites is 1. The number of carbonyl (C=O) groups is 1. The quantitative estimate of drug-likeness (QED) is 0.664. The lowest BCUT2D eigenvalue weighted by molar-refractivity contribution is 0.00578. The van der Waals surface area contributed by atoms with Crippen molar-refractivity contribution in [3.63, 3.8) is 0 Å². The highest BCUT2D eigenvalue weighted by atomic mass is 16.7. The molecule has 2 aromatic carbocycles. The maximum absolute atomic E-state index is 12.8. The monoisotopic (exact) mass is 392 g/mol. The summed E-state index contributed by atoms with van der Waals surface area (Å²) in [5.41, 5.74) is 2.08. The summed E-state index contributed by atoms with van der Waals surface area (Å²) in [6.45, 7) is 8.06. The number of rotatable bonds is 4. The highest BCUT2D eigenvalue weighted by Gasteiger charge is 2.51. The number of anilines is 1. The molecule has 2 heterocycles. The Labute approximate surface area is 170 Å². The van der Waals surface area contributed by atoms with E-state index in [0.717, 1.165) is 16.4 Å². The van der Waals surface area contributed by atoms with Gasteiger partial charge in [0.1, 0.15) is 5.75 Å².